The molecule has 0 heterocycles. The topological polar surface area (TPSA) is 48.3 Å². The molecule has 0 atom stereocenters. The highest BCUT2D eigenvalue weighted by Crippen LogP contribution is 2.11. The standard InChI is InChI=1S/C14H20FN3O/c1-18(2)7-9-19-8-6-17-11-13-5-3-4-12(10-16)14(13)15/h3-5,17H,6-9,11H2,1-2H3. The zero-order valence-corrected chi connectivity index (χ0v) is 11.4. The fourth-order valence-electron chi connectivity index (χ4n) is 1.52. The van der Waals surface area contributed by atoms with Crippen molar-refractivity contribution in [2.75, 3.05) is 40.4 Å². The van der Waals surface area contributed by atoms with Gasteiger partial charge in [-0.2, -0.15) is 5.26 Å². The Hall–Kier alpha value is -1.48. The maximum Gasteiger partial charge on any atom is 0.145 e. The van der Waals surface area contributed by atoms with E-state index in [1.807, 2.05) is 20.2 Å². The fraction of sp³-hybridized carbons (Fsp3) is 0.500. The third-order valence-corrected chi connectivity index (χ3v) is 2.62. The summed E-state index contributed by atoms with van der Waals surface area (Å²) in [5.41, 5.74) is 0.592. The van der Waals surface area contributed by atoms with Crippen LogP contribution in [0.3, 0.4) is 0 Å². The van der Waals surface area contributed by atoms with Crippen LogP contribution in [0, 0.1) is 17.1 Å². The Morgan fingerprint density at radius 3 is 2.84 bits per heavy atom. The highest BCUT2D eigenvalue weighted by atomic mass is 19.1. The summed E-state index contributed by atoms with van der Waals surface area (Å²) in [5.74, 6) is -0.439. The van der Waals surface area contributed by atoms with Gasteiger partial charge in [-0.05, 0) is 20.2 Å². The molecule has 1 aromatic carbocycles. The van der Waals surface area contributed by atoms with Crippen molar-refractivity contribution in [3.63, 3.8) is 0 Å². The zero-order chi connectivity index (χ0) is 14.1. The van der Waals surface area contributed by atoms with Crippen LogP contribution in [-0.4, -0.2) is 45.3 Å². The number of benzene rings is 1. The van der Waals surface area contributed by atoms with Crippen molar-refractivity contribution in [3.8, 4) is 6.07 Å². The van der Waals surface area contributed by atoms with Crippen LogP contribution < -0.4 is 5.32 Å². The minimum absolute atomic E-state index is 0.0848. The molecule has 0 saturated heterocycles. The van der Waals surface area contributed by atoms with Gasteiger partial charge >= 0.3 is 0 Å². The van der Waals surface area contributed by atoms with E-state index >= 15 is 0 Å². The first-order chi connectivity index (χ1) is 9.15. The molecular weight excluding hydrogens is 245 g/mol. The molecule has 4 nitrogen and oxygen atoms in total. The van der Waals surface area contributed by atoms with Gasteiger partial charge in [0, 0.05) is 25.2 Å². The second kappa shape index (κ2) is 8.59. The summed E-state index contributed by atoms with van der Waals surface area (Å²) in [7, 11) is 3.99. The van der Waals surface area contributed by atoms with E-state index in [0.29, 0.717) is 31.9 Å². The highest BCUT2D eigenvalue weighted by Gasteiger charge is 2.06. The van der Waals surface area contributed by atoms with Gasteiger partial charge in [-0.3, -0.25) is 0 Å². The molecule has 1 rings (SSSR count). The van der Waals surface area contributed by atoms with Gasteiger partial charge < -0.3 is 15.0 Å². The molecule has 104 valence electrons. The monoisotopic (exact) mass is 265 g/mol. The van der Waals surface area contributed by atoms with Crippen LogP contribution in [0.4, 0.5) is 4.39 Å². The van der Waals surface area contributed by atoms with Gasteiger partial charge in [0.2, 0.25) is 0 Å². The van der Waals surface area contributed by atoms with E-state index in [4.69, 9.17) is 10.00 Å². The first-order valence-corrected chi connectivity index (χ1v) is 6.26. The van der Waals surface area contributed by atoms with Gasteiger partial charge in [0.15, 0.2) is 0 Å². The number of likely N-dealkylation sites (N-methyl/N-ethyl adjacent to an activating group) is 1. The largest absolute Gasteiger partial charge is 0.379 e. The Morgan fingerprint density at radius 1 is 1.37 bits per heavy atom. The van der Waals surface area contributed by atoms with Gasteiger partial charge in [-0.1, -0.05) is 12.1 Å². The number of hydrogen-bond donors (Lipinski definition) is 1. The molecule has 0 radical (unpaired) electrons. The van der Waals surface area contributed by atoms with E-state index in [1.54, 1.807) is 12.1 Å². The highest BCUT2D eigenvalue weighted by molar-refractivity contribution is 5.34. The number of nitriles is 1. The van der Waals surface area contributed by atoms with E-state index < -0.39 is 5.82 Å². The minimum atomic E-state index is -0.439. The van der Waals surface area contributed by atoms with E-state index in [1.165, 1.54) is 6.07 Å². The Balaban J connectivity index is 2.22. The first kappa shape index (κ1) is 15.6. The second-order valence-electron chi connectivity index (χ2n) is 4.48. The van der Waals surface area contributed by atoms with Crippen molar-refractivity contribution in [2.24, 2.45) is 0 Å². The summed E-state index contributed by atoms with van der Waals surface area (Å²) in [6, 6.07) is 6.67. The molecule has 1 aromatic rings. The van der Waals surface area contributed by atoms with Crippen molar-refractivity contribution < 1.29 is 9.13 Å². The lowest BCUT2D eigenvalue weighted by atomic mass is 10.1. The molecule has 0 bridgehead atoms. The van der Waals surface area contributed by atoms with Crippen molar-refractivity contribution in [1.82, 2.24) is 10.2 Å². The van der Waals surface area contributed by atoms with Gasteiger partial charge in [0.05, 0.1) is 18.8 Å². The number of hydrogen-bond acceptors (Lipinski definition) is 4. The molecule has 0 spiro atoms. The molecule has 0 aromatic heterocycles. The third-order valence-electron chi connectivity index (χ3n) is 2.62. The molecule has 0 amide bonds. The quantitative estimate of drug-likeness (QED) is 0.721. The van der Waals surface area contributed by atoms with Gasteiger partial charge in [-0.15, -0.1) is 0 Å². The Labute approximate surface area is 113 Å². The summed E-state index contributed by atoms with van der Waals surface area (Å²) in [6.07, 6.45) is 0. The predicted octanol–water partition coefficient (Wildman–Crippen LogP) is 1.37. The number of ether oxygens (including phenoxy) is 1. The maximum absolute atomic E-state index is 13.7. The average molecular weight is 265 g/mol. The van der Waals surface area contributed by atoms with Crippen molar-refractivity contribution >= 4 is 0 Å². The maximum atomic E-state index is 13.7. The fourth-order valence-corrected chi connectivity index (χ4v) is 1.52. The summed E-state index contributed by atoms with van der Waals surface area (Å²) in [5, 5.41) is 11.8. The number of nitrogens with one attached hydrogen (secondary N) is 1. The molecule has 0 saturated carbocycles. The molecule has 19 heavy (non-hydrogen) atoms. The van der Waals surface area contributed by atoms with E-state index in [-0.39, 0.29) is 5.56 Å². The lowest BCUT2D eigenvalue weighted by molar-refractivity contribution is 0.119. The van der Waals surface area contributed by atoms with Crippen LogP contribution in [0.15, 0.2) is 18.2 Å². The number of rotatable bonds is 8. The predicted molar refractivity (Wildman–Crippen MR) is 72.2 cm³/mol. The summed E-state index contributed by atoms with van der Waals surface area (Å²) in [6.45, 7) is 3.22. The SMILES string of the molecule is CN(C)CCOCCNCc1cccc(C#N)c1F. The molecule has 0 fully saturated rings. The second-order valence-corrected chi connectivity index (χ2v) is 4.48. The van der Waals surface area contributed by atoms with Gasteiger partial charge in [0.25, 0.3) is 0 Å². The zero-order valence-electron chi connectivity index (χ0n) is 11.4. The summed E-state index contributed by atoms with van der Waals surface area (Å²) < 4.78 is 19.1. The molecule has 0 unspecified atom stereocenters. The number of halogens is 1. The lowest BCUT2D eigenvalue weighted by Crippen LogP contribution is -2.23. The van der Waals surface area contributed by atoms with Crippen LogP contribution >= 0.6 is 0 Å². The van der Waals surface area contributed by atoms with E-state index in [2.05, 4.69) is 10.2 Å². The minimum Gasteiger partial charge on any atom is -0.379 e. The smallest absolute Gasteiger partial charge is 0.145 e. The summed E-state index contributed by atoms with van der Waals surface area (Å²) >= 11 is 0. The van der Waals surface area contributed by atoms with Crippen molar-refractivity contribution in [2.45, 2.75) is 6.54 Å². The molecule has 1 N–H and O–H groups in total. The lowest BCUT2D eigenvalue weighted by Gasteiger charge is -2.10. The van der Waals surface area contributed by atoms with Gasteiger partial charge in [0.1, 0.15) is 11.9 Å². The van der Waals surface area contributed by atoms with Crippen LogP contribution in [-0.2, 0) is 11.3 Å². The first-order valence-electron chi connectivity index (χ1n) is 6.26. The summed E-state index contributed by atoms with van der Waals surface area (Å²) in [4.78, 5) is 2.05. The van der Waals surface area contributed by atoms with Crippen LogP contribution in [0.5, 0.6) is 0 Å². The third kappa shape index (κ3) is 5.79. The van der Waals surface area contributed by atoms with Crippen LogP contribution in [0.25, 0.3) is 0 Å². The van der Waals surface area contributed by atoms with E-state index in [9.17, 15) is 4.39 Å². The van der Waals surface area contributed by atoms with Crippen molar-refractivity contribution in [1.29, 1.82) is 5.26 Å². The normalized spacial score (nSPS) is 10.7. The molecule has 5 heteroatoms. The molecule has 0 aliphatic heterocycles. The van der Waals surface area contributed by atoms with Gasteiger partial charge in [-0.25, -0.2) is 4.39 Å². The van der Waals surface area contributed by atoms with Crippen LogP contribution in [0.2, 0.25) is 0 Å². The van der Waals surface area contributed by atoms with Crippen LogP contribution in [0.1, 0.15) is 11.1 Å². The molecule has 0 aliphatic carbocycles. The molecule has 0 aliphatic rings. The Morgan fingerprint density at radius 2 is 2.16 bits per heavy atom. The average Bonchev–Trinajstić information content (AvgIpc) is 2.39. The van der Waals surface area contributed by atoms with Crippen molar-refractivity contribution in [3.05, 3.63) is 35.1 Å². The van der Waals surface area contributed by atoms with E-state index in [0.717, 1.165) is 6.54 Å². The Kier molecular flexibility index (Phi) is 7.04. The number of nitrogens with zero attached hydrogens (tertiary/aromatic N) is 2. The Bertz CT molecular complexity index is 429. The molecular formula is C14H20FN3O.